The Bertz CT molecular complexity index is 1200. The third-order valence-electron chi connectivity index (χ3n) is 6.95. The molecule has 34 heavy (non-hydrogen) atoms. The van der Waals surface area contributed by atoms with Crippen LogP contribution in [0.5, 0.6) is 0 Å². The van der Waals surface area contributed by atoms with E-state index in [1.54, 1.807) is 4.57 Å². The maximum atomic E-state index is 13.7. The Labute approximate surface area is 202 Å². The second kappa shape index (κ2) is 10.9. The SMILES string of the molecule is CCCCN(C(=O)NC1CCCCC1)C(C)c1nc2ccccc2c(=O)n1-c1ccccc1C. The number of hydrogen-bond donors (Lipinski definition) is 1. The van der Waals surface area contributed by atoms with E-state index in [0.29, 0.717) is 23.3 Å². The molecule has 1 unspecified atom stereocenters. The average molecular weight is 461 g/mol. The first-order valence-corrected chi connectivity index (χ1v) is 12.7. The van der Waals surface area contributed by atoms with Gasteiger partial charge in [0.2, 0.25) is 0 Å². The summed E-state index contributed by atoms with van der Waals surface area (Å²) in [5.74, 6) is 0.591. The Morgan fingerprint density at radius 2 is 1.82 bits per heavy atom. The number of benzene rings is 2. The van der Waals surface area contributed by atoms with E-state index in [-0.39, 0.29) is 23.7 Å². The molecule has 180 valence electrons. The minimum absolute atomic E-state index is 0.0633. The number of urea groups is 1. The van der Waals surface area contributed by atoms with Gasteiger partial charge in [0.15, 0.2) is 0 Å². The summed E-state index contributed by atoms with van der Waals surface area (Å²) in [6, 6.07) is 15.1. The van der Waals surface area contributed by atoms with Gasteiger partial charge in [-0.2, -0.15) is 0 Å². The van der Waals surface area contributed by atoms with Gasteiger partial charge in [0.05, 0.1) is 22.6 Å². The van der Waals surface area contributed by atoms with E-state index in [1.165, 1.54) is 6.42 Å². The number of unbranched alkanes of at least 4 members (excludes halogenated alkanes) is 1. The van der Waals surface area contributed by atoms with Crippen LogP contribution in [0.4, 0.5) is 4.79 Å². The maximum absolute atomic E-state index is 13.7. The molecule has 1 aromatic heterocycles. The van der Waals surface area contributed by atoms with Crippen molar-refractivity contribution in [1.82, 2.24) is 19.8 Å². The number of aryl methyl sites for hydroxylation is 1. The van der Waals surface area contributed by atoms with Crippen molar-refractivity contribution in [1.29, 1.82) is 0 Å². The number of para-hydroxylation sites is 2. The van der Waals surface area contributed by atoms with Gasteiger partial charge in [0, 0.05) is 12.6 Å². The van der Waals surface area contributed by atoms with Crippen LogP contribution in [-0.4, -0.2) is 33.1 Å². The Morgan fingerprint density at radius 1 is 1.12 bits per heavy atom. The fourth-order valence-corrected chi connectivity index (χ4v) is 4.92. The van der Waals surface area contributed by atoms with Gasteiger partial charge in [-0.05, 0) is 56.9 Å². The van der Waals surface area contributed by atoms with Crippen molar-refractivity contribution >= 4 is 16.9 Å². The molecule has 0 radical (unpaired) electrons. The third kappa shape index (κ3) is 5.01. The van der Waals surface area contributed by atoms with Crippen molar-refractivity contribution in [2.75, 3.05) is 6.54 Å². The maximum Gasteiger partial charge on any atom is 0.318 e. The number of amides is 2. The highest BCUT2D eigenvalue weighted by Gasteiger charge is 2.28. The van der Waals surface area contributed by atoms with Crippen LogP contribution >= 0.6 is 0 Å². The van der Waals surface area contributed by atoms with Crippen LogP contribution in [-0.2, 0) is 0 Å². The fraction of sp³-hybridized carbons (Fsp3) is 0.464. The van der Waals surface area contributed by atoms with Gasteiger partial charge in [0.1, 0.15) is 5.82 Å². The van der Waals surface area contributed by atoms with E-state index >= 15 is 0 Å². The zero-order chi connectivity index (χ0) is 24.1. The topological polar surface area (TPSA) is 67.2 Å². The monoisotopic (exact) mass is 460 g/mol. The van der Waals surface area contributed by atoms with E-state index in [1.807, 2.05) is 67.3 Å². The Balaban J connectivity index is 1.80. The first kappa shape index (κ1) is 24.0. The predicted molar refractivity (Wildman–Crippen MR) is 138 cm³/mol. The van der Waals surface area contributed by atoms with Crippen molar-refractivity contribution in [3.05, 3.63) is 70.3 Å². The molecule has 6 nitrogen and oxygen atoms in total. The van der Waals surface area contributed by atoms with Crippen LogP contribution in [0.15, 0.2) is 53.3 Å². The molecule has 1 aliphatic carbocycles. The molecule has 4 rings (SSSR count). The lowest BCUT2D eigenvalue weighted by atomic mass is 9.96. The standard InChI is InChI=1S/C28H36N4O2/c1-4-5-19-31(28(34)29-22-14-7-6-8-15-22)21(3)26-30-24-17-11-10-16-23(24)27(33)32(26)25-18-12-9-13-20(25)2/h9-13,16-18,21-22H,4-8,14-15,19H2,1-3H3,(H,29,34). The van der Waals surface area contributed by atoms with Crippen molar-refractivity contribution in [3.63, 3.8) is 0 Å². The predicted octanol–water partition coefficient (Wildman–Crippen LogP) is 5.90. The zero-order valence-electron chi connectivity index (χ0n) is 20.6. The van der Waals surface area contributed by atoms with E-state index < -0.39 is 0 Å². The molecule has 1 aliphatic rings. The van der Waals surface area contributed by atoms with Crippen molar-refractivity contribution < 1.29 is 4.79 Å². The second-order valence-electron chi connectivity index (χ2n) is 9.42. The molecule has 0 bridgehead atoms. The molecule has 0 aliphatic heterocycles. The zero-order valence-corrected chi connectivity index (χ0v) is 20.6. The number of fused-ring (bicyclic) bond motifs is 1. The number of nitrogens with one attached hydrogen (secondary N) is 1. The summed E-state index contributed by atoms with van der Waals surface area (Å²) in [7, 11) is 0. The fourth-order valence-electron chi connectivity index (χ4n) is 4.92. The molecular weight excluding hydrogens is 424 g/mol. The Morgan fingerprint density at radius 3 is 2.56 bits per heavy atom. The van der Waals surface area contributed by atoms with Gasteiger partial charge in [-0.25, -0.2) is 9.78 Å². The van der Waals surface area contributed by atoms with Crippen molar-refractivity contribution in [2.24, 2.45) is 0 Å². The summed E-state index contributed by atoms with van der Waals surface area (Å²) in [5.41, 5.74) is 2.34. The lowest BCUT2D eigenvalue weighted by Crippen LogP contribution is -2.47. The molecule has 1 heterocycles. The van der Waals surface area contributed by atoms with E-state index in [2.05, 4.69) is 12.2 Å². The van der Waals surface area contributed by atoms with Gasteiger partial charge < -0.3 is 10.2 Å². The van der Waals surface area contributed by atoms with Crippen LogP contribution in [0.3, 0.4) is 0 Å². The minimum Gasteiger partial charge on any atom is -0.335 e. The smallest absolute Gasteiger partial charge is 0.318 e. The first-order chi connectivity index (χ1) is 16.5. The first-order valence-electron chi connectivity index (χ1n) is 12.7. The number of carbonyl (C=O) groups is 1. The molecular formula is C28H36N4O2. The summed E-state index contributed by atoms with van der Waals surface area (Å²) < 4.78 is 1.70. The highest BCUT2D eigenvalue weighted by molar-refractivity contribution is 5.78. The molecule has 0 saturated heterocycles. The lowest BCUT2D eigenvalue weighted by Gasteiger charge is -2.33. The third-order valence-corrected chi connectivity index (χ3v) is 6.95. The summed E-state index contributed by atoms with van der Waals surface area (Å²) in [5, 5.41) is 3.85. The Hall–Kier alpha value is -3.15. The quantitative estimate of drug-likeness (QED) is 0.477. The van der Waals surface area contributed by atoms with Crippen LogP contribution < -0.4 is 10.9 Å². The molecule has 1 saturated carbocycles. The number of rotatable bonds is 7. The molecule has 1 N–H and O–H groups in total. The van der Waals surface area contributed by atoms with Crippen LogP contribution in [0.25, 0.3) is 16.6 Å². The van der Waals surface area contributed by atoms with Gasteiger partial charge >= 0.3 is 6.03 Å². The summed E-state index contributed by atoms with van der Waals surface area (Å²) >= 11 is 0. The normalized spacial score (nSPS) is 15.3. The number of nitrogens with zero attached hydrogens (tertiary/aromatic N) is 3. The van der Waals surface area contributed by atoms with Crippen LogP contribution in [0.2, 0.25) is 0 Å². The van der Waals surface area contributed by atoms with E-state index in [4.69, 9.17) is 4.98 Å². The summed E-state index contributed by atoms with van der Waals surface area (Å²) in [4.78, 5) is 34.0. The van der Waals surface area contributed by atoms with Crippen LogP contribution in [0.1, 0.15) is 76.2 Å². The van der Waals surface area contributed by atoms with Gasteiger partial charge in [-0.1, -0.05) is 62.9 Å². The number of hydrogen-bond acceptors (Lipinski definition) is 3. The molecule has 2 amide bonds. The Kier molecular flexibility index (Phi) is 7.66. The molecule has 1 fully saturated rings. The van der Waals surface area contributed by atoms with Gasteiger partial charge in [0.25, 0.3) is 5.56 Å². The highest BCUT2D eigenvalue weighted by atomic mass is 16.2. The van der Waals surface area contributed by atoms with Gasteiger partial charge in [-0.3, -0.25) is 9.36 Å². The number of aromatic nitrogens is 2. The van der Waals surface area contributed by atoms with E-state index in [9.17, 15) is 9.59 Å². The number of carbonyl (C=O) groups excluding carboxylic acids is 1. The van der Waals surface area contributed by atoms with Gasteiger partial charge in [-0.15, -0.1) is 0 Å². The molecule has 2 aromatic carbocycles. The average Bonchev–Trinajstić information content (AvgIpc) is 2.85. The van der Waals surface area contributed by atoms with E-state index in [0.717, 1.165) is 49.8 Å². The molecule has 6 heteroatoms. The summed E-state index contributed by atoms with van der Waals surface area (Å²) in [6.45, 7) is 6.73. The molecule has 0 spiro atoms. The second-order valence-corrected chi connectivity index (χ2v) is 9.42. The minimum atomic E-state index is -0.368. The van der Waals surface area contributed by atoms with Crippen LogP contribution in [0, 0.1) is 6.92 Å². The lowest BCUT2D eigenvalue weighted by molar-refractivity contribution is 0.167. The largest absolute Gasteiger partial charge is 0.335 e. The van der Waals surface area contributed by atoms with Crippen molar-refractivity contribution in [2.45, 2.75) is 77.8 Å². The molecule has 3 aromatic rings. The van der Waals surface area contributed by atoms with Crippen molar-refractivity contribution in [3.8, 4) is 5.69 Å². The summed E-state index contributed by atoms with van der Waals surface area (Å²) in [6.07, 6.45) is 7.50. The highest BCUT2D eigenvalue weighted by Crippen LogP contribution is 2.25. The molecule has 1 atom stereocenters.